The number of H-pyrrole nitrogens is 1. The summed E-state index contributed by atoms with van der Waals surface area (Å²) in [5.41, 5.74) is 3.46. The SMILES string of the molecule is c1cc(-c2cn[nH]c2)c2nonc2c1. The molecule has 0 radical (unpaired) electrons. The van der Waals surface area contributed by atoms with Crippen molar-refractivity contribution in [2.24, 2.45) is 0 Å². The second kappa shape index (κ2) is 2.66. The Hall–Kier alpha value is -2.17. The van der Waals surface area contributed by atoms with Crippen molar-refractivity contribution in [3.63, 3.8) is 0 Å². The van der Waals surface area contributed by atoms with E-state index < -0.39 is 0 Å². The summed E-state index contributed by atoms with van der Waals surface area (Å²) in [5, 5.41) is 14.3. The normalized spacial score (nSPS) is 10.9. The Labute approximate surface area is 78.7 Å². The predicted octanol–water partition coefficient (Wildman–Crippen LogP) is 1.61. The number of fused-ring (bicyclic) bond motifs is 1. The third-order valence-electron chi connectivity index (χ3n) is 2.10. The number of aromatic amines is 1. The van der Waals surface area contributed by atoms with Crippen LogP contribution in [0.3, 0.4) is 0 Å². The molecule has 1 aromatic carbocycles. The highest BCUT2D eigenvalue weighted by Crippen LogP contribution is 2.24. The molecule has 0 aliphatic carbocycles. The Balaban J connectivity index is 2.36. The molecule has 2 heterocycles. The van der Waals surface area contributed by atoms with Gasteiger partial charge >= 0.3 is 0 Å². The van der Waals surface area contributed by atoms with Crippen LogP contribution in [-0.4, -0.2) is 20.5 Å². The number of hydrogen-bond acceptors (Lipinski definition) is 4. The molecular weight excluding hydrogens is 180 g/mol. The molecule has 0 aliphatic rings. The van der Waals surface area contributed by atoms with Gasteiger partial charge in [-0.1, -0.05) is 12.1 Å². The molecule has 5 heteroatoms. The van der Waals surface area contributed by atoms with Crippen molar-refractivity contribution < 1.29 is 4.63 Å². The van der Waals surface area contributed by atoms with Gasteiger partial charge in [-0.2, -0.15) is 5.10 Å². The minimum Gasteiger partial charge on any atom is -0.285 e. The van der Waals surface area contributed by atoms with Gasteiger partial charge in [-0.15, -0.1) is 0 Å². The quantitative estimate of drug-likeness (QED) is 0.626. The van der Waals surface area contributed by atoms with E-state index in [0.717, 1.165) is 22.2 Å². The maximum Gasteiger partial charge on any atom is 0.143 e. The van der Waals surface area contributed by atoms with Crippen LogP contribution in [-0.2, 0) is 0 Å². The van der Waals surface area contributed by atoms with E-state index >= 15 is 0 Å². The first kappa shape index (κ1) is 7.25. The van der Waals surface area contributed by atoms with E-state index in [2.05, 4.69) is 25.1 Å². The lowest BCUT2D eigenvalue weighted by molar-refractivity contribution is 0.315. The fourth-order valence-corrected chi connectivity index (χ4v) is 1.44. The molecule has 0 fully saturated rings. The van der Waals surface area contributed by atoms with Gasteiger partial charge in [-0.05, 0) is 16.4 Å². The van der Waals surface area contributed by atoms with Gasteiger partial charge < -0.3 is 0 Å². The lowest BCUT2D eigenvalue weighted by atomic mass is 10.1. The van der Waals surface area contributed by atoms with E-state index in [-0.39, 0.29) is 0 Å². The molecule has 0 bridgehead atoms. The minimum absolute atomic E-state index is 0.753. The van der Waals surface area contributed by atoms with Gasteiger partial charge in [0.1, 0.15) is 11.0 Å². The van der Waals surface area contributed by atoms with E-state index in [1.165, 1.54) is 0 Å². The number of hydrogen-bond donors (Lipinski definition) is 1. The third kappa shape index (κ3) is 0.922. The molecule has 2 aromatic heterocycles. The molecular formula is C9H6N4O. The van der Waals surface area contributed by atoms with Crippen molar-refractivity contribution in [1.29, 1.82) is 0 Å². The molecule has 0 unspecified atom stereocenters. The second-order valence-corrected chi connectivity index (χ2v) is 2.92. The van der Waals surface area contributed by atoms with Gasteiger partial charge in [0.15, 0.2) is 0 Å². The zero-order chi connectivity index (χ0) is 9.38. The molecule has 0 saturated carbocycles. The number of nitrogens with zero attached hydrogens (tertiary/aromatic N) is 3. The van der Waals surface area contributed by atoms with Crippen molar-refractivity contribution in [2.75, 3.05) is 0 Å². The summed E-state index contributed by atoms with van der Waals surface area (Å²) < 4.78 is 4.67. The predicted molar refractivity (Wildman–Crippen MR) is 49.4 cm³/mol. The van der Waals surface area contributed by atoms with Gasteiger partial charge in [-0.3, -0.25) is 5.10 Å². The van der Waals surface area contributed by atoms with Crippen LogP contribution in [0.5, 0.6) is 0 Å². The van der Waals surface area contributed by atoms with E-state index in [4.69, 9.17) is 0 Å². The van der Waals surface area contributed by atoms with Gasteiger partial charge in [0, 0.05) is 17.3 Å². The molecule has 1 N–H and O–H groups in total. The molecule has 3 rings (SSSR count). The maximum atomic E-state index is 4.67. The Morgan fingerprint density at radius 1 is 1.21 bits per heavy atom. The summed E-state index contributed by atoms with van der Waals surface area (Å²) in [4.78, 5) is 0. The first-order chi connectivity index (χ1) is 6.95. The van der Waals surface area contributed by atoms with Crippen molar-refractivity contribution in [1.82, 2.24) is 20.5 Å². The second-order valence-electron chi connectivity index (χ2n) is 2.92. The molecule has 5 nitrogen and oxygen atoms in total. The van der Waals surface area contributed by atoms with Crippen molar-refractivity contribution in [3.05, 3.63) is 30.6 Å². The number of benzene rings is 1. The molecule has 0 aliphatic heterocycles. The van der Waals surface area contributed by atoms with Gasteiger partial charge in [0.05, 0.1) is 6.20 Å². The highest BCUT2D eigenvalue weighted by atomic mass is 16.6. The van der Waals surface area contributed by atoms with E-state index in [0.29, 0.717) is 0 Å². The van der Waals surface area contributed by atoms with E-state index in [1.807, 2.05) is 24.4 Å². The van der Waals surface area contributed by atoms with Crippen molar-refractivity contribution in [3.8, 4) is 11.1 Å². The first-order valence-corrected chi connectivity index (χ1v) is 4.15. The Kier molecular flexibility index (Phi) is 1.38. The number of aromatic nitrogens is 4. The van der Waals surface area contributed by atoms with Crippen LogP contribution in [0.25, 0.3) is 22.2 Å². The van der Waals surface area contributed by atoms with Crippen LogP contribution in [0.15, 0.2) is 35.2 Å². The lowest BCUT2D eigenvalue weighted by Gasteiger charge is -1.94. The monoisotopic (exact) mass is 186 g/mol. The zero-order valence-electron chi connectivity index (χ0n) is 7.14. The Bertz CT molecular complexity index is 555. The summed E-state index contributed by atoms with van der Waals surface area (Å²) >= 11 is 0. The van der Waals surface area contributed by atoms with Crippen LogP contribution in [0, 0.1) is 0 Å². The van der Waals surface area contributed by atoms with Crippen molar-refractivity contribution >= 4 is 11.0 Å². The number of rotatable bonds is 1. The Morgan fingerprint density at radius 3 is 3.07 bits per heavy atom. The van der Waals surface area contributed by atoms with Crippen molar-refractivity contribution in [2.45, 2.75) is 0 Å². The fraction of sp³-hybridized carbons (Fsp3) is 0. The van der Waals surface area contributed by atoms with Gasteiger partial charge in [0.25, 0.3) is 0 Å². The standard InChI is InChI=1S/C9H6N4O/c1-2-7(6-4-10-11-5-6)9-8(3-1)12-14-13-9/h1-5H,(H,10,11). The topological polar surface area (TPSA) is 67.6 Å². The highest BCUT2D eigenvalue weighted by Gasteiger charge is 2.08. The average molecular weight is 186 g/mol. The summed E-state index contributed by atoms with van der Waals surface area (Å²) in [6.45, 7) is 0. The van der Waals surface area contributed by atoms with Crippen LogP contribution >= 0.6 is 0 Å². The minimum atomic E-state index is 0.753. The largest absolute Gasteiger partial charge is 0.285 e. The summed E-state index contributed by atoms with van der Waals surface area (Å²) in [5.74, 6) is 0. The van der Waals surface area contributed by atoms with Crippen LogP contribution < -0.4 is 0 Å². The average Bonchev–Trinajstić information content (AvgIpc) is 2.88. The maximum absolute atomic E-state index is 4.67. The molecule has 0 spiro atoms. The van der Waals surface area contributed by atoms with Gasteiger partial charge in [0.2, 0.25) is 0 Å². The highest BCUT2D eigenvalue weighted by molar-refractivity contribution is 5.90. The fourth-order valence-electron chi connectivity index (χ4n) is 1.44. The number of nitrogens with one attached hydrogen (secondary N) is 1. The molecule has 0 atom stereocenters. The van der Waals surface area contributed by atoms with Crippen LogP contribution in [0.4, 0.5) is 0 Å². The summed E-state index contributed by atoms with van der Waals surface area (Å²) in [6.07, 6.45) is 3.55. The zero-order valence-corrected chi connectivity index (χ0v) is 7.14. The first-order valence-electron chi connectivity index (χ1n) is 4.15. The van der Waals surface area contributed by atoms with E-state index in [9.17, 15) is 0 Å². The molecule has 68 valence electrons. The third-order valence-corrected chi connectivity index (χ3v) is 2.10. The molecule has 14 heavy (non-hydrogen) atoms. The Morgan fingerprint density at radius 2 is 2.21 bits per heavy atom. The van der Waals surface area contributed by atoms with Crippen LogP contribution in [0.1, 0.15) is 0 Å². The summed E-state index contributed by atoms with van der Waals surface area (Å²) in [7, 11) is 0. The lowest BCUT2D eigenvalue weighted by Crippen LogP contribution is -1.77. The molecule has 0 amide bonds. The molecule has 3 aromatic rings. The van der Waals surface area contributed by atoms with E-state index in [1.54, 1.807) is 6.20 Å². The smallest absolute Gasteiger partial charge is 0.143 e. The van der Waals surface area contributed by atoms with Crippen LogP contribution in [0.2, 0.25) is 0 Å². The van der Waals surface area contributed by atoms with Gasteiger partial charge in [-0.25, -0.2) is 4.63 Å². The molecule has 0 saturated heterocycles. The summed E-state index contributed by atoms with van der Waals surface area (Å²) in [6, 6.07) is 5.72.